The highest BCUT2D eigenvalue weighted by Crippen LogP contribution is 2.28. The van der Waals surface area contributed by atoms with Gasteiger partial charge in [-0.25, -0.2) is 0 Å². The van der Waals surface area contributed by atoms with E-state index in [9.17, 15) is 9.59 Å². The summed E-state index contributed by atoms with van der Waals surface area (Å²) in [5.74, 6) is 0. The zero-order valence-electron chi connectivity index (χ0n) is 14.6. The molecule has 0 saturated heterocycles. The molecular formula is C18H27N3O2. The van der Waals surface area contributed by atoms with E-state index in [1.165, 1.54) is 4.57 Å². The number of aromatic amines is 1. The Kier molecular flexibility index (Phi) is 5.64. The standard InChI is InChI=1S/C18H27N3O2/c1-5-7-11-21(12-8-6-2)16-13(3)9-10-14-15(16)19-17(22)18(23)20(14)4/h9-10H,5-8,11-12H2,1-4H3,(H,19,22). The molecule has 0 radical (unpaired) electrons. The summed E-state index contributed by atoms with van der Waals surface area (Å²) in [6, 6.07) is 3.93. The fourth-order valence-corrected chi connectivity index (χ4v) is 2.96. The van der Waals surface area contributed by atoms with Crippen LogP contribution in [0.1, 0.15) is 45.1 Å². The van der Waals surface area contributed by atoms with Gasteiger partial charge in [-0.05, 0) is 31.4 Å². The number of rotatable bonds is 7. The SMILES string of the molecule is CCCCN(CCCC)c1c(C)ccc2c1[nH]c(=O)c(=O)n2C. The maximum atomic E-state index is 12.0. The summed E-state index contributed by atoms with van der Waals surface area (Å²) < 4.78 is 1.44. The molecule has 1 heterocycles. The van der Waals surface area contributed by atoms with Crippen LogP contribution in [-0.4, -0.2) is 22.6 Å². The predicted octanol–water partition coefficient (Wildman–Crippen LogP) is 2.94. The smallest absolute Gasteiger partial charge is 0.316 e. The van der Waals surface area contributed by atoms with Gasteiger partial charge in [0.1, 0.15) is 0 Å². The minimum atomic E-state index is -0.558. The Labute approximate surface area is 136 Å². The van der Waals surface area contributed by atoms with E-state index < -0.39 is 11.1 Å². The van der Waals surface area contributed by atoms with Crippen molar-refractivity contribution >= 4 is 16.7 Å². The molecule has 1 aromatic carbocycles. The summed E-state index contributed by atoms with van der Waals surface area (Å²) in [6.07, 6.45) is 4.47. The normalized spacial score (nSPS) is 11.1. The molecule has 2 aromatic rings. The van der Waals surface area contributed by atoms with Crippen LogP contribution in [0.2, 0.25) is 0 Å². The lowest BCUT2D eigenvalue weighted by molar-refractivity contribution is 0.677. The van der Waals surface area contributed by atoms with Crippen molar-refractivity contribution in [3.05, 3.63) is 38.4 Å². The molecule has 0 spiro atoms. The largest absolute Gasteiger partial charge is 0.370 e. The lowest BCUT2D eigenvalue weighted by Crippen LogP contribution is -2.36. The Morgan fingerprint density at radius 1 is 1.09 bits per heavy atom. The predicted molar refractivity (Wildman–Crippen MR) is 96.6 cm³/mol. The second-order valence-electron chi connectivity index (χ2n) is 6.14. The van der Waals surface area contributed by atoms with Crippen molar-refractivity contribution in [3.63, 3.8) is 0 Å². The number of H-pyrrole nitrogens is 1. The Balaban J connectivity index is 2.66. The van der Waals surface area contributed by atoms with E-state index in [2.05, 4.69) is 30.7 Å². The van der Waals surface area contributed by atoms with E-state index in [0.29, 0.717) is 0 Å². The minimum Gasteiger partial charge on any atom is -0.370 e. The van der Waals surface area contributed by atoms with E-state index in [1.54, 1.807) is 7.05 Å². The molecule has 126 valence electrons. The van der Waals surface area contributed by atoms with E-state index in [1.807, 2.05) is 12.1 Å². The maximum absolute atomic E-state index is 12.0. The van der Waals surface area contributed by atoms with Crippen LogP contribution >= 0.6 is 0 Å². The third kappa shape index (κ3) is 3.49. The monoisotopic (exact) mass is 317 g/mol. The van der Waals surface area contributed by atoms with Crippen molar-refractivity contribution in [2.45, 2.75) is 46.5 Å². The molecule has 0 bridgehead atoms. The zero-order valence-corrected chi connectivity index (χ0v) is 14.6. The fraction of sp³-hybridized carbons (Fsp3) is 0.556. The van der Waals surface area contributed by atoms with Crippen LogP contribution < -0.4 is 16.0 Å². The van der Waals surface area contributed by atoms with Gasteiger partial charge in [-0.3, -0.25) is 9.59 Å². The summed E-state index contributed by atoms with van der Waals surface area (Å²) in [6.45, 7) is 8.34. The van der Waals surface area contributed by atoms with Crippen molar-refractivity contribution in [2.75, 3.05) is 18.0 Å². The average molecular weight is 317 g/mol. The Morgan fingerprint density at radius 2 is 1.70 bits per heavy atom. The first-order chi connectivity index (χ1) is 11.0. The number of benzene rings is 1. The number of anilines is 1. The molecule has 2 rings (SSSR count). The van der Waals surface area contributed by atoms with Gasteiger partial charge in [0.25, 0.3) is 0 Å². The molecule has 5 heteroatoms. The number of hydrogen-bond acceptors (Lipinski definition) is 3. The van der Waals surface area contributed by atoms with Gasteiger partial charge in [-0.15, -0.1) is 0 Å². The van der Waals surface area contributed by atoms with Crippen LogP contribution in [0.15, 0.2) is 21.7 Å². The van der Waals surface area contributed by atoms with Gasteiger partial charge in [-0.2, -0.15) is 0 Å². The van der Waals surface area contributed by atoms with Gasteiger partial charge in [0.05, 0.1) is 16.7 Å². The van der Waals surface area contributed by atoms with E-state index in [-0.39, 0.29) is 0 Å². The second kappa shape index (κ2) is 7.49. The molecule has 0 aliphatic carbocycles. The molecule has 0 amide bonds. The van der Waals surface area contributed by atoms with Gasteiger partial charge in [-0.1, -0.05) is 32.8 Å². The first-order valence-electron chi connectivity index (χ1n) is 8.48. The zero-order chi connectivity index (χ0) is 17.0. The fourth-order valence-electron chi connectivity index (χ4n) is 2.96. The van der Waals surface area contributed by atoms with Gasteiger partial charge >= 0.3 is 11.1 Å². The Hall–Kier alpha value is -2.04. The number of unbranched alkanes of at least 4 members (excludes halogenated alkanes) is 2. The van der Waals surface area contributed by atoms with Crippen molar-refractivity contribution in [3.8, 4) is 0 Å². The van der Waals surface area contributed by atoms with Gasteiger partial charge in [0.2, 0.25) is 0 Å². The van der Waals surface area contributed by atoms with Crippen molar-refractivity contribution < 1.29 is 0 Å². The average Bonchev–Trinajstić information content (AvgIpc) is 2.54. The molecule has 0 aliphatic rings. The van der Waals surface area contributed by atoms with Gasteiger partial charge in [0.15, 0.2) is 0 Å². The highest BCUT2D eigenvalue weighted by Gasteiger charge is 2.16. The molecule has 1 aromatic heterocycles. The highest BCUT2D eigenvalue weighted by molar-refractivity contribution is 5.90. The number of hydrogen-bond donors (Lipinski definition) is 1. The summed E-state index contributed by atoms with van der Waals surface area (Å²) in [5.41, 5.74) is 2.65. The van der Waals surface area contributed by atoms with Crippen molar-refractivity contribution in [1.82, 2.24) is 9.55 Å². The van der Waals surface area contributed by atoms with E-state index in [0.717, 1.165) is 61.1 Å². The third-order valence-electron chi connectivity index (χ3n) is 4.34. The van der Waals surface area contributed by atoms with Crippen LogP contribution in [0.3, 0.4) is 0 Å². The van der Waals surface area contributed by atoms with Crippen molar-refractivity contribution in [1.29, 1.82) is 0 Å². The lowest BCUT2D eigenvalue weighted by atomic mass is 10.1. The summed E-state index contributed by atoms with van der Waals surface area (Å²) in [4.78, 5) is 29.0. The topological polar surface area (TPSA) is 58.1 Å². The van der Waals surface area contributed by atoms with Crippen molar-refractivity contribution in [2.24, 2.45) is 7.05 Å². The first-order valence-corrected chi connectivity index (χ1v) is 8.48. The second-order valence-corrected chi connectivity index (χ2v) is 6.14. The molecule has 0 atom stereocenters. The molecule has 23 heavy (non-hydrogen) atoms. The minimum absolute atomic E-state index is 0.513. The van der Waals surface area contributed by atoms with Crippen LogP contribution in [0, 0.1) is 6.92 Å². The summed E-state index contributed by atoms with van der Waals surface area (Å²) >= 11 is 0. The molecule has 5 nitrogen and oxygen atoms in total. The van der Waals surface area contributed by atoms with Crippen LogP contribution in [0.4, 0.5) is 5.69 Å². The number of aryl methyl sites for hydroxylation is 2. The Bertz CT molecular complexity index is 781. The number of nitrogens with one attached hydrogen (secondary N) is 1. The molecule has 1 N–H and O–H groups in total. The van der Waals surface area contributed by atoms with Crippen LogP contribution in [-0.2, 0) is 7.05 Å². The van der Waals surface area contributed by atoms with Gasteiger partial charge < -0.3 is 14.5 Å². The van der Waals surface area contributed by atoms with Crippen LogP contribution in [0.5, 0.6) is 0 Å². The quantitative estimate of drug-likeness (QED) is 0.799. The molecular weight excluding hydrogens is 290 g/mol. The molecule has 0 saturated carbocycles. The summed E-state index contributed by atoms with van der Waals surface area (Å²) in [7, 11) is 1.65. The van der Waals surface area contributed by atoms with E-state index >= 15 is 0 Å². The highest BCUT2D eigenvalue weighted by atomic mass is 16.2. The number of nitrogens with zero attached hydrogens (tertiary/aromatic N) is 2. The molecule has 0 aliphatic heterocycles. The Morgan fingerprint density at radius 3 is 2.26 bits per heavy atom. The molecule has 0 unspecified atom stereocenters. The first kappa shape index (κ1) is 17.3. The maximum Gasteiger partial charge on any atom is 0.316 e. The van der Waals surface area contributed by atoms with E-state index in [4.69, 9.17) is 0 Å². The third-order valence-corrected chi connectivity index (χ3v) is 4.34. The summed E-state index contributed by atoms with van der Waals surface area (Å²) in [5, 5.41) is 0. The molecule has 0 fully saturated rings. The van der Waals surface area contributed by atoms with Gasteiger partial charge in [0, 0.05) is 20.1 Å². The lowest BCUT2D eigenvalue weighted by Gasteiger charge is -2.28. The number of fused-ring (bicyclic) bond motifs is 1. The van der Waals surface area contributed by atoms with Crippen LogP contribution in [0.25, 0.3) is 11.0 Å². The number of aromatic nitrogens is 2.